The Bertz CT molecular complexity index is 371. The van der Waals surface area contributed by atoms with Crippen LogP contribution in [-0.4, -0.2) is 12.6 Å². The number of rotatable bonds is 3. The summed E-state index contributed by atoms with van der Waals surface area (Å²) in [6.07, 6.45) is 0. The van der Waals surface area contributed by atoms with Crippen LogP contribution in [0, 0.1) is 0 Å². The van der Waals surface area contributed by atoms with Crippen molar-refractivity contribution in [3.63, 3.8) is 0 Å². The molecule has 2 N–H and O–H groups in total. The number of halogens is 1. The van der Waals surface area contributed by atoms with Crippen LogP contribution in [0.5, 0.6) is 5.75 Å². The Morgan fingerprint density at radius 3 is 2.67 bits per heavy atom. The number of hydrogen-bond donors (Lipinski definition) is 1. The molecule has 1 rings (SSSR count). The summed E-state index contributed by atoms with van der Waals surface area (Å²) in [5.74, 6) is -0.979. The van der Waals surface area contributed by atoms with Gasteiger partial charge in [-0.25, -0.2) is 0 Å². The third kappa shape index (κ3) is 3.94. The molecule has 0 spiro atoms. The first-order valence-electron chi connectivity index (χ1n) is 3.99. The van der Waals surface area contributed by atoms with Crippen molar-refractivity contribution < 1.29 is 66.0 Å². The summed E-state index contributed by atoms with van der Waals surface area (Å²) in [6, 6.07) is 2.59. The molecular formula is C9H9ClKNO3. The topological polar surface area (TPSA) is 75.4 Å². The Kier molecular flexibility index (Phi) is 6.82. The van der Waals surface area contributed by atoms with E-state index in [4.69, 9.17) is 22.1 Å². The summed E-state index contributed by atoms with van der Waals surface area (Å²) in [7, 11) is 0. The Balaban J connectivity index is 0.00000196. The molecule has 0 aromatic heterocycles. The number of nitrogen functional groups attached to an aromatic ring is 1. The Hall–Kier alpha value is 0.216. The van der Waals surface area contributed by atoms with Gasteiger partial charge in [-0.05, 0) is 13.0 Å². The van der Waals surface area contributed by atoms with Crippen LogP contribution >= 0.6 is 11.6 Å². The van der Waals surface area contributed by atoms with Crippen molar-refractivity contribution in [1.82, 2.24) is 0 Å². The predicted octanol–water partition coefficient (Wildman–Crippen LogP) is -2.31. The maximum atomic E-state index is 10.6. The van der Waals surface area contributed by atoms with Crippen molar-refractivity contribution in [2.45, 2.75) is 6.92 Å². The van der Waals surface area contributed by atoms with Gasteiger partial charge >= 0.3 is 51.4 Å². The fraction of sp³-hybridized carbons (Fsp3) is 0.222. The van der Waals surface area contributed by atoms with Gasteiger partial charge in [-0.15, -0.1) is 0 Å². The molecule has 6 heteroatoms. The second-order valence-electron chi connectivity index (χ2n) is 2.59. The van der Waals surface area contributed by atoms with E-state index in [2.05, 4.69) is 0 Å². The molecule has 0 aliphatic rings. The van der Waals surface area contributed by atoms with E-state index in [-0.39, 0.29) is 67.7 Å². The van der Waals surface area contributed by atoms with Gasteiger partial charge in [0, 0.05) is 11.6 Å². The van der Waals surface area contributed by atoms with Gasteiger partial charge in [0.25, 0.3) is 0 Å². The van der Waals surface area contributed by atoms with E-state index in [9.17, 15) is 9.90 Å². The Labute approximate surface area is 135 Å². The molecular weight excluding hydrogens is 245 g/mol. The molecule has 0 bridgehead atoms. The average Bonchev–Trinajstić information content (AvgIpc) is 2.10. The number of carboxylic acids is 1. The number of ether oxygens (including phenoxy) is 1. The number of nitrogens with two attached hydrogens (primary N) is 1. The molecule has 0 aliphatic heterocycles. The van der Waals surface area contributed by atoms with Crippen LogP contribution in [0.4, 0.5) is 5.69 Å². The zero-order chi connectivity index (χ0) is 10.7. The normalized spacial score (nSPS) is 9.20. The van der Waals surface area contributed by atoms with Crippen molar-refractivity contribution in [3.05, 3.63) is 22.7 Å². The minimum atomic E-state index is -1.36. The van der Waals surface area contributed by atoms with Crippen molar-refractivity contribution >= 4 is 23.3 Å². The molecule has 0 amide bonds. The molecule has 76 valence electrons. The summed E-state index contributed by atoms with van der Waals surface area (Å²) in [4.78, 5) is 10.6. The summed E-state index contributed by atoms with van der Waals surface area (Å²) in [6.45, 7) is 2.23. The molecule has 15 heavy (non-hydrogen) atoms. The quantitative estimate of drug-likeness (QED) is 0.485. The molecule has 4 nitrogen and oxygen atoms in total. The first-order chi connectivity index (χ1) is 6.56. The molecule has 0 heterocycles. The molecule has 0 saturated carbocycles. The third-order valence-electron chi connectivity index (χ3n) is 1.62. The number of benzene rings is 1. The summed E-state index contributed by atoms with van der Waals surface area (Å²) in [5, 5.41) is 10.6. The number of carbonyl (C=O) groups is 1. The van der Waals surface area contributed by atoms with Crippen molar-refractivity contribution in [3.8, 4) is 5.75 Å². The van der Waals surface area contributed by atoms with Gasteiger partial charge in [0.2, 0.25) is 0 Å². The zero-order valence-corrected chi connectivity index (χ0v) is 12.4. The summed E-state index contributed by atoms with van der Waals surface area (Å²) < 4.78 is 5.13. The molecule has 0 radical (unpaired) electrons. The van der Waals surface area contributed by atoms with Crippen molar-refractivity contribution in [2.75, 3.05) is 12.3 Å². The van der Waals surface area contributed by atoms with Crippen LogP contribution < -0.4 is 67.0 Å². The summed E-state index contributed by atoms with van der Waals surface area (Å²) in [5.41, 5.74) is 5.64. The zero-order valence-electron chi connectivity index (χ0n) is 8.54. The fourth-order valence-corrected chi connectivity index (χ4v) is 1.24. The van der Waals surface area contributed by atoms with Crippen LogP contribution in [0.2, 0.25) is 5.02 Å². The standard InChI is InChI=1S/C9H10ClNO3.K/c1-2-14-8-4-6(10)5(9(12)13)3-7(8)11;/h3-4H,2,11H2,1H3,(H,12,13);/q;+1/p-1. The second-order valence-corrected chi connectivity index (χ2v) is 3.00. The predicted molar refractivity (Wildman–Crippen MR) is 51.4 cm³/mol. The number of carboxylic acid groups (broad SMARTS) is 1. The average molecular weight is 254 g/mol. The van der Waals surface area contributed by atoms with E-state index in [1.807, 2.05) is 0 Å². The van der Waals surface area contributed by atoms with Gasteiger partial charge < -0.3 is 20.4 Å². The second kappa shape index (κ2) is 6.72. The SMILES string of the molecule is CCOc1cc(Cl)c(C(=O)[O-])cc1N.[K+]. The van der Waals surface area contributed by atoms with Crippen LogP contribution in [0.15, 0.2) is 12.1 Å². The number of carbonyl (C=O) groups excluding carboxylic acids is 1. The molecule has 1 aromatic carbocycles. The molecule has 0 aliphatic carbocycles. The molecule has 0 unspecified atom stereocenters. The smallest absolute Gasteiger partial charge is 0.545 e. The van der Waals surface area contributed by atoms with Gasteiger partial charge in [0.05, 0.1) is 23.3 Å². The fourth-order valence-electron chi connectivity index (χ4n) is 1.01. The van der Waals surface area contributed by atoms with E-state index in [1.54, 1.807) is 6.92 Å². The Morgan fingerprint density at radius 1 is 1.60 bits per heavy atom. The van der Waals surface area contributed by atoms with Crippen LogP contribution in [-0.2, 0) is 0 Å². The van der Waals surface area contributed by atoms with E-state index < -0.39 is 5.97 Å². The van der Waals surface area contributed by atoms with Gasteiger partial charge in [-0.3, -0.25) is 0 Å². The van der Waals surface area contributed by atoms with Crippen molar-refractivity contribution in [2.24, 2.45) is 0 Å². The van der Waals surface area contributed by atoms with E-state index in [0.29, 0.717) is 12.4 Å². The molecule has 0 fully saturated rings. The largest absolute Gasteiger partial charge is 1.00 e. The summed E-state index contributed by atoms with van der Waals surface area (Å²) >= 11 is 5.68. The maximum absolute atomic E-state index is 10.6. The van der Waals surface area contributed by atoms with Gasteiger partial charge in [0.15, 0.2) is 0 Å². The maximum Gasteiger partial charge on any atom is 1.00 e. The van der Waals surface area contributed by atoms with Crippen molar-refractivity contribution in [1.29, 1.82) is 0 Å². The minimum Gasteiger partial charge on any atom is -0.545 e. The van der Waals surface area contributed by atoms with Crippen LogP contribution in [0.3, 0.4) is 0 Å². The monoisotopic (exact) mass is 253 g/mol. The number of aromatic carboxylic acids is 1. The molecule has 0 atom stereocenters. The number of anilines is 1. The first-order valence-corrected chi connectivity index (χ1v) is 4.37. The first kappa shape index (κ1) is 15.2. The Morgan fingerprint density at radius 2 is 2.20 bits per heavy atom. The third-order valence-corrected chi connectivity index (χ3v) is 1.93. The molecule has 1 aromatic rings. The molecule has 0 saturated heterocycles. The van der Waals surface area contributed by atoms with E-state index in [1.165, 1.54) is 12.1 Å². The van der Waals surface area contributed by atoms with Gasteiger partial charge in [-0.2, -0.15) is 0 Å². The van der Waals surface area contributed by atoms with Crippen LogP contribution in [0.25, 0.3) is 0 Å². The van der Waals surface area contributed by atoms with E-state index in [0.717, 1.165) is 0 Å². The minimum absolute atomic E-state index is 0. The van der Waals surface area contributed by atoms with Crippen LogP contribution in [0.1, 0.15) is 17.3 Å². The number of hydrogen-bond acceptors (Lipinski definition) is 4. The van der Waals surface area contributed by atoms with Gasteiger partial charge in [-0.1, -0.05) is 11.6 Å². The van der Waals surface area contributed by atoms with Gasteiger partial charge in [0.1, 0.15) is 5.75 Å². The van der Waals surface area contributed by atoms with E-state index >= 15 is 0 Å².